The van der Waals surface area contributed by atoms with Gasteiger partial charge in [0.15, 0.2) is 0 Å². The van der Waals surface area contributed by atoms with Crippen LogP contribution >= 0.6 is 0 Å². The SMILES string of the molecule is Cc1nn(C(c2cnn(C)c2)C(C)N)c(C)c1C. The van der Waals surface area contributed by atoms with Gasteiger partial charge < -0.3 is 5.73 Å². The zero-order valence-corrected chi connectivity index (χ0v) is 11.7. The number of nitrogens with zero attached hydrogens (tertiary/aromatic N) is 4. The van der Waals surface area contributed by atoms with Gasteiger partial charge >= 0.3 is 0 Å². The third-order valence-electron chi connectivity index (χ3n) is 3.51. The van der Waals surface area contributed by atoms with E-state index in [-0.39, 0.29) is 12.1 Å². The largest absolute Gasteiger partial charge is 0.326 e. The highest BCUT2D eigenvalue weighted by Crippen LogP contribution is 2.24. The van der Waals surface area contributed by atoms with E-state index >= 15 is 0 Å². The van der Waals surface area contributed by atoms with Gasteiger partial charge in [-0.3, -0.25) is 9.36 Å². The van der Waals surface area contributed by atoms with E-state index in [4.69, 9.17) is 5.73 Å². The first-order valence-electron chi connectivity index (χ1n) is 6.18. The summed E-state index contributed by atoms with van der Waals surface area (Å²) in [6.45, 7) is 8.21. The van der Waals surface area contributed by atoms with E-state index in [2.05, 4.69) is 24.0 Å². The molecule has 18 heavy (non-hydrogen) atoms. The van der Waals surface area contributed by atoms with Crippen LogP contribution in [0.25, 0.3) is 0 Å². The highest BCUT2D eigenvalue weighted by molar-refractivity contribution is 5.25. The van der Waals surface area contributed by atoms with Crippen molar-refractivity contribution in [1.82, 2.24) is 19.6 Å². The van der Waals surface area contributed by atoms with Crippen molar-refractivity contribution >= 4 is 0 Å². The van der Waals surface area contributed by atoms with Crippen molar-refractivity contribution in [3.05, 3.63) is 34.9 Å². The first-order chi connectivity index (χ1) is 8.41. The van der Waals surface area contributed by atoms with E-state index < -0.39 is 0 Å². The van der Waals surface area contributed by atoms with E-state index in [1.54, 1.807) is 4.68 Å². The monoisotopic (exact) mass is 247 g/mol. The molecule has 0 aliphatic heterocycles. The second-order valence-electron chi connectivity index (χ2n) is 4.99. The van der Waals surface area contributed by atoms with Gasteiger partial charge in [-0.2, -0.15) is 10.2 Å². The Labute approximate surface area is 108 Å². The van der Waals surface area contributed by atoms with Crippen molar-refractivity contribution in [2.75, 3.05) is 0 Å². The summed E-state index contributed by atoms with van der Waals surface area (Å²) in [6, 6.07) is 0.0118. The molecule has 0 amide bonds. The number of aromatic nitrogens is 4. The van der Waals surface area contributed by atoms with Gasteiger partial charge in [0.05, 0.1) is 17.9 Å². The van der Waals surface area contributed by atoms with E-state index in [9.17, 15) is 0 Å². The van der Waals surface area contributed by atoms with Crippen molar-refractivity contribution in [2.45, 2.75) is 39.8 Å². The molecule has 0 spiro atoms. The summed E-state index contributed by atoms with van der Waals surface area (Å²) in [5.74, 6) is 0. The van der Waals surface area contributed by atoms with Crippen LogP contribution in [0.1, 0.15) is 35.5 Å². The molecule has 2 rings (SSSR count). The second-order valence-corrected chi connectivity index (χ2v) is 4.99. The van der Waals surface area contributed by atoms with Crippen LogP contribution in [0.4, 0.5) is 0 Å². The molecule has 0 aromatic carbocycles. The van der Waals surface area contributed by atoms with Crippen LogP contribution < -0.4 is 5.73 Å². The maximum Gasteiger partial charge on any atom is 0.0950 e. The summed E-state index contributed by atoms with van der Waals surface area (Å²) >= 11 is 0. The zero-order chi connectivity index (χ0) is 13.4. The van der Waals surface area contributed by atoms with Crippen molar-refractivity contribution in [3.63, 3.8) is 0 Å². The Kier molecular flexibility index (Phi) is 3.26. The van der Waals surface area contributed by atoms with E-state index in [0.717, 1.165) is 11.3 Å². The molecule has 98 valence electrons. The van der Waals surface area contributed by atoms with Crippen LogP contribution in [0.2, 0.25) is 0 Å². The molecule has 0 fully saturated rings. The van der Waals surface area contributed by atoms with Crippen molar-refractivity contribution in [2.24, 2.45) is 12.8 Å². The Bertz CT molecular complexity index is 550. The van der Waals surface area contributed by atoms with Gasteiger partial charge in [-0.15, -0.1) is 0 Å². The third-order valence-corrected chi connectivity index (χ3v) is 3.51. The highest BCUT2D eigenvalue weighted by Gasteiger charge is 2.23. The lowest BCUT2D eigenvalue weighted by Gasteiger charge is -2.21. The molecule has 2 unspecified atom stereocenters. The lowest BCUT2D eigenvalue weighted by Crippen LogP contribution is -2.31. The number of hydrogen-bond acceptors (Lipinski definition) is 3. The van der Waals surface area contributed by atoms with Crippen LogP contribution in [0, 0.1) is 20.8 Å². The van der Waals surface area contributed by atoms with Crippen molar-refractivity contribution in [3.8, 4) is 0 Å². The molecule has 5 heteroatoms. The summed E-state index contributed by atoms with van der Waals surface area (Å²) in [5, 5.41) is 8.84. The Balaban J connectivity index is 2.51. The first kappa shape index (κ1) is 12.8. The molecule has 0 bridgehead atoms. The quantitative estimate of drug-likeness (QED) is 0.893. The van der Waals surface area contributed by atoms with E-state index in [0.29, 0.717) is 0 Å². The van der Waals surface area contributed by atoms with Crippen LogP contribution in [-0.4, -0.2) is 25.6 Å². The van der Waals surface area contributed by atoms with E-state index in [1.165, 1.54) is 11.3 Å². The summed E-state index contributed by atoms with van der Waals surface area (Å²) in [4.78, 5) is 0. The maximum atomic E-state index is 6.14. The molecule has 0 radical (unpaired) electrons. The number of hydrogen-bond donors (Lipinski definition) is 1. The molecule has 5 nitrogen and oxygen atoms in total. The normalized spacial score (nSPS) is 14.8. The molecule has 2 aromatic heterocycles. The predicted molar refractivity (Wildman–Crippen MR) is 71.4 cm³/mol. The van der Waals surface area contributed by atoms with Crippen LogP contribution in [-0.2, 0) is 7.05 Å². The number of rotatable bonds is 3. The standard InChI is InChI=1S/C13H21N5/c1-8-10(3)16-18(11(8)4)13(9(2)14)12-6-15-17(5)7-12/h6-7,9,13H,14H2,1-5H3. The van der Waals surface area contributed by atoms with Crippen LogP contribution in [0.15, 0.2) is 12.4 Å². The molecule has 2 aromatic rings. The molecule has 0 saturated carbocycles. The molecular formula is C13H21N5. The van der Waals surface area contributed by atoms with Crippen LogP contribution in [0.3, 0.4) is 0 Å². The van der Waals surface area contributed by atoms with Gasteiger partial charge in [0.2, 0.25) is 0 Å². The summed E-state index contributed by atoms with van der Waals surface area (Å²) in [5.41, 5.74) is 10.7. The Morgan fingerprint density at radius 2 is 1.94 bits per heavy atom. The number of aryl methyl sites for hydroxylation is 2. The van der Waals surface area contributed by atoms with Gasteiger partial charge in [0.1, 0.15) is 0 Å². The van der Waals surface area contributed by atoms with Crippen molar-refractivity contribution < 1.29 is 0 Å². The highest BCUT2D eigenvalue weighted by atomic mass is 15.3. The molecule has 2 heterocycles. The smallest absolute Gasteiger partial charge is 0.0950 e. The average Bonchev–Trinajstić information content (AvgIpc) is 2.80. The zero-order valence-electron chi connectivity index (χ0n) is 11.7. The lowest BCUT2D eigenvalue weighted by molar-refractivity contribution is 0.443. The average molecular weight is 247 g/mol. The molecule has 2 atom stereocenters. The molecular weight excluding hydrogens is 226 g/mol. The Morgan fingerprint density at radius 1 is 1.28 bits per heavy atom. The minimum Gasteiger partial charge on any atom is -0.326 e. The van der Waals surface area contributed by atoms with Gasteiger partial charge in [0.25, 0.3) is 0 Å². The topological polar surface area (TPSA) is 61.7 Å². The minimum absolute atomic E-state index is 0.0217. The van der Waals surface area contributed by atoms with Crippen LogP contribution in [0.5, 0.6) is 0 Å². The fourth-order valence-electron chi connectivity index (χ4n) is 2.28. The Morgan fingerprint density at radius 3 is 2.33 bits per heavy atom. The minimum atomic E-state index is -0.0217. The first-order valence-corrected chi connectivity index (χ1v) is 6.18. The van der Waals surface area contributed by atoms with Gasteiger partial charge in [-0.25, -0.2) is 0 Å². The summed E-state index contributed by atoms with van der Waals surface area (Å²) in [6.07, 6.45) is 3.86. The molecule has 0 aliphatic rings. The molecule has 2 N–H and O–H groups in total. The third kappa shape index (κ3) is 2.06. The lowest BCUT2D eigenvalue weighted by atomic mass is 10.0. The summed E-state index contributed by atoms with van der Waals surface area (Å²) in [7, 11) is 1.91. The Hall–Kier alpha value is -1.62. The molecule has 0 aliphatic carbocycles. The second kappa shape index (κ2) is 4.57. The number of nitrogens with two attached hydrogens (primary N) is 1. The van der Waals surface area contributed by atoms with Crippen molar-refractivity contribution in [1.29, 1.82) is 0 Å². The van der Waals surface area contributed by atoms with Gasteiger partial charge in [0, 0.05) is 30.5 Å². The molecule has 0 saturated heterocycles. The van der Waals surface area contributed by atoms with Gasteiger partial charge in [-0.05, 0) is 33.3 Å². The summed E-state index contributed by atoms with van der Waals surface area (Å²) < 4.78 is 3.82. The fourth-order valence-corrected chi connectivity index (χ4v) is 2.28. The fraction of sp³-hybridized carbons (Fsp3) is 0.538. The van der Waals surface area contributed by atoms with Gasteiger partial charge in [-0.1, -0.05) is 0 Å². The maximum absolute atomic E-state index is 6.14. The predicted octanol–water partition coefficient (Wildman–Crippen LogP) is 1.48. The van der Waals surface area contributed by atoms with E-state index in [1.807, 2.05) is 38.0 Å².